The Morgan fingerprint density at radius 1 is 1.18 bits per heavy atom. The van der Waals surface area contributed by atoms with E-state index in [1.54, 1.807) is 19.1 Å². The highest BCUT2D eigenvalue weighted by Crippen LogP contribution is 2.35. The lowest BCUT2D eigenvalue weighted by Crippen LogP contribution is -2.53. The van der Waals surface area contributed by atoms with Crippen molar-refractivity contribution in [1.82, 2.24) is 9.88 Å². The van der Waals surface area contributed by atoms with Crippen LogP contribution in [-0.2, 0) is 11.0 Å². The number of piperazine rings is 1. The SMILES string of the molecule is C[C@@H](C(=O)Nc1ccccc1C(F)(F)F)N1CCN(c2oc(-c3ccco3)nc2C#N)CC1. The van der Waals surface area contributed by atoms with Gasteiger partial charge in [-0.2, -0.15) is 23.4 Å². The number of hydrogen-bond acceptors (Lipinski definition) is 7. The smallest absolute Gasteiger partial charge is 0.418 e. The molecule has 1 atom stereocenters. The van der Waals surface area contributed by atoms with Gasteiger partial charge < -0.3 is 19.1 Å². The third kappa shape index (κ3) is 4.70. The Morgan fingerprint density at radius 3 is 2.55 bits per heavy atom. The number of carbonyl (C=O) groups is 1. The van der Waals surface area contributed by atoms with Gasteiger partial charge in [-0.05, 0) is 31.2 Å². The second-order valence-corrected chi connectivity index (χ2v) is 7.49. The second kappa shape index (κ2) is 8.99. The van der Waals surface area contributed by atoms with Crippen molar-refractivity contribution in [3.8, 4) is 17.7 Å². The monoisotopic (exact) mass is 459 g/mol. The first-order chi connectivity index (χ1) is 15.8. The number of rotatable bonds is 5. The zero-order valence-electron chi connectivity index (χ0n) is 17.6. The summed E-state index contributed by atoms with van der Waals surface area (Å²) in [6.45, 7) is 3.41. The molecule has 3 aromatic rings. The van der Waals surface area contributed by atoms with E-state index in [1.807, 2.05) is 15.9 Å². The van der Waals surface area contributed by atoms with Crippen LogP contribution in [0.4, 0.5) is 24.7 Å². The van der Waals surface area contributed by atoms with Crippen LogP contribution in [-0.4, -0.2) is 48.0 Å². The molecule has 0 saturated carbocycles. The average molecular weight is 459 g/mol. The van der Waals surface area contributed by atoms with E-state index in [0.717, 1.165) is 6.07 Å². The number of furan rings is 1. The van der Waals surface area contributed by atoms with Crippen LogP contribution in [0.1, 0.15) is 18.2 Å². The summed E-state index contributed by atoms with van der Waals surface area (Å²) >= 11 is 0. The summed E-state index contributed by atoms with van der Waals surface area (Å²) in [5.41, 5.74) is -1.03. The Kier molecular flexibility index (Phi) is 6.11. The van der Waals surface area contributed by atoms with Gasteiger partial charge in [0.05, 0.1) is 23.6 Å². The maximum Gasteiger partial charge on any atom is 0.418 e. The number of benzene rings is 1. The predicted molar refractivity (Wildman–Crippen MR) is 112 cm³/mol. The molecule has 1 amide bonds. The van der Waals surface area contributed by atoms with Crippen molar-refractivity contribution in [2.45, 2.75) is 19.1 Å². The molecule has 2 aromatic heterocycles. The molecule has 1 fully saturated rings. The van der Waals surface area contributed by atoms with Crippen molar-refractivity contribution >= 4 is 17.5 Å². The fourth-order valence-corrected chi connectivity index (χ4v) is 3.66. The van der Waals surface area contributed by atoms with Crippen molar-refractivity contribution in [3.63, 3.8) is 0 Å². The van der Waals surface area contributed by atoms with Crippen LogP contribution in [0.25, 0.3) is 11.7 Å². The third-order valence-corrected chi connectivity index (χ3v) is 5.47. The van der Waals surface area contributed by atoms with Crippen LogP contribution in [0.2, 0.25) is 0 Å². The molecule has 11 heteroatoms. The van der Waals surface area contributed by atoms with Crippen LogP contribution in [0.3, 0.4) is 0 Å². The van der Waals surface area contributed by atoms with Gasteiger partial charge in [0.15, 0.2) is 5.76 Å². The summed E-state index contributed by atoms with van der Waals surface area (Å²) in [7, 11) is 0. The minimum Gasteiger partial charge on any atom is -0.459 e. The number of nitrogens with zero attached hydrogens (tertiary/aromatic N) is 4. The first-order valence-electron chi connectivity index (χ1n) is 10.2. The number of anilines is 2. The average Bonchev–Trinajstić information content (AvgIpc) is 3.48. The lowest BCUT2D eigenvalue weighted by Gasteiger charge is -2.37. The number of carbonyl (C=O) groups excluding carboxylic acids is 1. The summed E-state index contributed by atoms with van der Waals surface area (Å²) in [4.78, 5) is 20.5. The molecule has 8 nitrogen and oxygen atoms in total. The number of oxazole rings is 1. The first-order valence-corrected chi connectivity index (χ1v) is 10.2. The molecule has 4 rings (SSSR count). The standard InChI is InChI=1S/C22H20F3N5O3/c1-14(19(31)27-16-6-3-2-5-15(16)22(23,24)25)29-8-10-30(11-9-29)21-17(13-26)28-20(33-21)18-7-4-12-32-18/h2-7,12,14H,8-11H2,1H3,(H,27,31)/t14-/m0/s1. The molecular formula is C22H20F3N5O3. The number of amides is 1. The summed E-state index contributed by atoms with van der Waals surface area (Å²) in [5.74, 6) is 0.392. The molecule has 1 aromatic carbocycles. The second-order valence-electron chi connectivity index (χ2n) is 7.49. The molecular weight excluding hydrogens is 439 g/mol. The number of nitriles is 1. The highest BCUT2D eigenvalue weighted by molar-refractivity contribution is 5.95. The molecule has 1 aliphatic heterocycles. The fourth-order valence-electron chi connectivity index (χ4n) is 3.66. The zero-order chi connectivity index (χ0) is 23.6. The van der Waals surface area contributed by atoms with Gasteiger partial charge in [-0.1, -0.05) is 12.1 Å². The van der Waals surface area contributed by atoms with Crippen molar-refractivity contribution in [1.29, 1.82) is 5.26 Å². The molecule has 1 aliphatic rings. The van der Waals surface area contributed by atoms with Gasteiger partial charge in [-0.15, -0.1) is 0 Å². The maximum absolute atomic E-state index is 13.2. The van der Waals surface area contributed by atoms with Crippen molar-refractivity contribution < 1.29 is 26.8 Å². The van der Waals surface area contributed by atoms with Gasteiger partial charge in [-0.25, -0.2) is 0 Å². The van der Waals surface area contributed by atoms with Crippen LogP contribution >= 0.6 is 0 Å². The quantitative estimate of drug-likeness (QED) is 0.616. The van der Waals surface area contributed by atoms with Gasteiger partial charge in [0, 0.05) is 26.2 Å². The predicted octanol–water partition coefficient (Wildman–Crippen LogP) is 3.97. The maximum atomic E-state index is 13.2. The van der Waals surface area contributed by atoms with Crippen LogP contribution in [0.5, 0.6) is 0 Å². The van der Waals surface area contributed by atoms with Gasteiger partial charge in [0.2, 0.25) is 17.5 Å². The molecule has 0 bridgehead atoms. The number of aromatic nitrogens is 1. The summed E-state index contributed by atoms with van der Waals surface area (Å²) in [6, 6.07) is 9.59. The Balaban J connectivity index is 1.41. The van der Waals surface area contributed by atoms with Crippen molar-refractivity contribution in [2.24, 2.45) is 0 Å². The van der Waals surface area contributed by atoms with Gasteiger partial charge >= 0.3 is 6.18 Å². The molecule has 3 heterocycles. The van der Waals surface area contributed by atoms with E-state index in [-0.39, 0.29) is 17.3 Å². The summed E-state index contributed by atoms with van der Waals surface area (Å²) in [6.07, 6.45) is -3.09. The Morgan fingerprint density at radius 2 is 1.91 bits per heavy atom. The molecule has 1 saturated heterocycles. The first kappa shape index (κ1) is 22.4. The van der Waals surface area contributed by atoms with E-state index in [1.165, 1.54) is 24.5 Å². The van der Waals surface area contributed by atoms with Crippen LogP contribution in [0.15, 0.2) is 51.5 Å². The fraction of sp³-hybridized carbons (Fsp3) is 0.318. The Labute approximate surface area is 187 Å². The Bertz CT molecular complexity index is 1160. The van der Waals surface area contributed by atoms with Crippen molar-refractivity contribution in [3.05, 3.63) is 53.9 Å². The van der Waals surface area contributed by atoms with Crippen LogP contribution in [0, 0.1) is 11.3 Å². The molecule has 33 heavy (non-hydrogen) atoms. The summed E-state index contributed by atoms with van der Waals surface area (Å²) < 4.78 is 50.6. The molecule has 0 spiro atoms. The Hall–Kier alpha value is -3.78. The lowest BCUT2D eigenvalue weighted by atomic mass is 10.1. The van der Waals surface area contributed by atoms with Gasteiger partial charge in [0.1, 0.15) is 6.07 Å². The van der Waals surface area contributed by atoms with Crippen LogP contribution < -0.4 is 10.2 Å². The number of para-hydroxylation sites is 1. The molecule has 0 aliphatic carbocycles. The molecule has 1 N–H and O–H groups in total. The van der Waals surface area contributed by atoms with E-state index in [2.05, 4.69) is 10.3 Å². The molecule has 0 radical (unpaired) electrons. The molecule has 172 valence electrons. The topological polar surface area (TPSA) is 98.5 Å². The number of hydrogen-bond donors (Lipinski definition) is 1. The normalized spacial score (nSPS) is 15.8. The number of nitrogens with one attached hydrogen (secondary N) is 1. The number of alkyl halides is 3. The largest absolute Gasteiger partial charge is 0.459 e. The third-order valence-electron chi connectivity index (χ3n) is 5.47. The van der Waals surface area contributed by atoms with Gasteiger partial charge in [0.25, 0.3) is 5.89 Å². The van der Waals surface area contributed by atoms with E-state index >= 15 is 0 Å². The minimum absolute atomic E-state index is 0.129. The van der Waals surface area contributed by atoms with E-state index in [4.69, 9.17) is 8.83 Å². The highest BCUT2D eigenvalue weighted by atomic mass is 19.4. The summed E-state index contributed by atoms with van der Waals surface area (Å²) in [5, 5.41) is 11.8. The van der Waals surface area contributed by atoms with E-state index < -0.39 is 23.7 Å². The number of halogens is 3. The molecule has 0 unspecified atom stereocenters. The van der Waals surface area contributed by atoms with E-state index in [9.17, 15) is 23.2 Å². The highest BCUT2D eigenvalue weighted by Gasteiger charge is 2.35. The van der Waals surface area contributed by atoms with Crippen molar-refractivity contribution in [2.75, 3.05) is 36.4 Å². The van der Waals surface area contributed by atoms with Gasteiger partial charge in [-0.3, -0.25) is 9.69 Å². The minimum atomic E-state index is -4.57. The zero-order valence-corrected chi connectivity index (χ0v) is 17.6. The lowest BCUT2D eigenvalue weighted by molar-refractivity contribution is -0.137. The van der Waals surface area contributed by atoms with E-state index in [0.29, 0.717) is 37.8 Å².